The first kappa shape index (κ1) is 22.1. The van der Waals surface area contributed by atoms with E-state index >= 15 is 0 Å². The minimum Gasteiger partial charge on any atom is -0.488 e. The lowest BCUT2D eigenvalue weighted by Gasteiger charge is -2.15. The van der Waals surface area contributed by atoms with Gasteiger partial charge in [-0.3, -0.25) is 14.7 Å². The number of rotatable bonds is 9. The molecule has 0 aliphatic carbocycles. The number of nitrogens with zero attached hydrogens (tertiary/aromatic N) is 4. The molecule has 0 radical (unpaired) electrons. The summed E-state index contributed by atoms with van der Waals surface area (Å²) in [5.74, 6) is 1.15. The summed E-state index contributed by atoms with van der Waals surface area (Å²) >= 11 is 13.5. The first-order valence-corrected chi connectivity index (χ1v) is 10.5. The standard InChI is InChI=1S/C20H18Cl2N4O3S/c1-3-10-29-18-9-4-14(11-17(18)22)19(12-25(27)28)30-20-24-23-13(2)26(20)16-7-5-15(21)6-8-16/h3-9,11,19H,1,10,12H2,2H3/t19-/m1/s1. The SMILES string of the molecule is C=CCOc1ccc([C@@H](C[N+](=O)[O-])Sc2nnc(C)n2-c2ccc(Cl)cc2)cc1Cl. The van der Waals surface area contributed by atoms with Crippen LogP contribution in [0.2, 0.25) is 10.0 Å². The summed E-state index contributed by atoms with van der Waals surface area (Å²) in [7, 11) is 0. The predicted octanol–water partition coefficient (Wildman–Crippen LogP) is 5.56. The van der Waals surface area contributed by atoms with Gasteiger partial charge < -0.3 is 4.74 Å². The van der Waals surface area contributed by atoms with E-state index in [9.17, 15) is 10.1 Å². The van der Waals surface area contributed by atoms with Crippen molar-refractivity contribution in [2.45, 2.75) is 17.3 Å². The molecular formula is C20H18Cl2N4O3S. The average Bonchev–Trinajstić information content (AvgIpc) is 3.07. The highest BCUT2D eigenvalue weighted by Crippen LogP contribution is 2.38. The Morgan fingerprint density at radius 2 is 2.00 bits per heavy atom. The number of nitro groups is 1. The van der Waals surface area contributed by atoms with Crippen LogP contribution in [0, 0.1) is 17.0 Å². The van der Waals surface area contributed by atoms with E-state index in [1.165, 1.54) is 11.8 Å². The van der Waals surface area contributed by atoms with E-state index in [4.69, 9.17) is 27.9 Å². The van der Waals surface area contributed by atoms with Crippen molar-refractivity contribution in [1.82, 2.24) is 14.8 Å². The van der Waals surface area contributed by atoms with Crippen LogP contribution in [-0.4, -0.2) is 32.8 Å². The van der Waals surface area contributed by atoms with E-state index in [1.807, 2.05) is 23.6 Å². The van der Waals surface area contributed by atoms with E-state index in [-0.39, 0.29) is 11.5 Å². The Labute approximate surface area is 187 Å². The Balaban J connectivity index is 1.93. The van der Waals surface area contributed by atoms with Crippen LogP contribution in [0.25, 0.3) is 5.69 Å². The molecular weight excluding hydrogens is 447 g/mol. The summed E-state index contributed by atoms with van der Waals surface area (Å²) in [6, 6.07) is 12.4. The molecule has 0 amide bonds. The van der Waals surface area contributed by atoms with Crippen LogP contribution in [0.5, 0.6) is 5.75 Å². The van der Waals surface area contributed by atoms with Crippen LogP contribution in [0.3, 0.4) is 0 Å². The Hall–Kier alpha value is -2.55. The number of ether oxygens (including phenoxy) is 1. The second-order valence-corrected chi connectivity index (χ2v) is 8.27. The van der Waals surface area contributed by atoms with Gasteiger partial charge in [0.05, 0.1) is 5.02 Å². The van der Waals surface area contributed by atoms with Crippen LogP contribution in [0.15, 0.2) is 60.3 Å². The minimum absolute atomic E-state index is 0.305. The maximum Gasteiger partial charge on any atom is 0.220 e. The van der Waals surface area contributed by atoms with Gasteiger partial charge in [-0.1, -0.05) is 53.7 Å². The van der Waals surface area contributed by atoms with Crippen LogP contribution in [-0.2, 0) is 0 Å². The lowest BCUT2D eigenvalue weighted by molar-refractivity contribution is -0.479. The molecule has 30 heavy (non-hydrogen) atoms. The number of benzene rings is 2. The Morgan fingerprint density at radius 1 is 1.27 bits per heavy atom. The summed E-state index contributed by atoms with van der Waals surface area (Å²) in [5, 5.41) is 20.7. The molecule has 1 atom stereocenters. The van der Waals surface area contributed by atoms with Gasteiger partial charge in [-0.15, -0.1) is 10.2 Å². The minimum atomic E-state index is -0.527. The average molecular weight is 465 g/mol. The maximum atomic E-state index is 11.3. The first-order chi connectivity index (χ1) is 14.4. The molecule has 156 valence electrons. The van der Waals surface area contributed by atoms with E-state index < -0.39 is 5.25 Å². The molecule has 1 heterocycles. The summed E-state index contributed by atoms with van der Waals surface area (Å²) in [6.07, 6.45) is 1.61. The van der Waals surface area contributed by atoms with Crippen LogP contribution >= 0.6 is 35.0 Å². The number of hydrogen-bond acceptors (Lipinski definition) is 6. The summed E-state index contributed by atoms with van der Waals surface area (Å²) in [6.45, 7) is 5.43. The van der Waals surface area contributed by atoms with Gasteiger partial charge in [0.2, 0.25) is 6.54 Å². The lowest BCUT2D eigenvalue weighted by Crippen LogP contribution is -2.11. The number of thioether (sulfide) groups is 1. The highest BCUT2D eigenvalue weighted by Gasteiger charge is 2.24. The predicted molar refractivity (Wildman–Crippen MR) is 119 cm³/mol. The van der Waals surface area contributed by atoms with Crippen molar-refractivity contribution in [2.75, 3.05) is 13.2 Å². The summed E-state index contributed by atoms with van der Waals surface area (Å²) in [4.78, 5) is 11.0. The fourth-order valence-electron chi connectivity index (χ4n) is 2.76. The molecule has 3 aromatic rings. The fraction of sp³-hybridized carbons (Fsp3) is 0.200. The summed E-state index contributed by atoms with van der Waals surface area (Å²) in [5.41, 5.74) is 1.51. The molecule has 0 fully saturated rings. The van der Waals surface area contributed by atoms with Crippen molar-refractivity contribution in [3.63, 3.8) is 0 Å². The molecule has 0 saturated heterocycles. The second-order valence-electron chi connectivity index (χ2n) is 6.25. The Kier molecular flexibility index (Phi) is 7.36. The molecule has 10 heteroatoms. The zero-order valence-electron chi connectivity index (χ0n) is 16.0. The van der Waals surface area contributed by atoms with Crippen LogP contribution in [0.4, 0.5) is 0 Å². The fourth-order valence-corrected chi connectivity index (χ4v) is 4.30. The third-order valence-corrected chi connectivity index (χ3v) is 5.86. The molecule has 1 aromatic heterocycles. The lowest BCUT2D eigenvalue weighted by atomic mass is 10.1. The topological polar surface area (TPSA) is 83.1 Å². The molecule has 3 rings (SSSR count). The van der Waals surface area contributed by atoms with Gasteiger partial charge in [-0.25, -0.2) is 0 Å². The van der Waals surface area contributed by atoms with E-state index in [0.29, 0.717) is 38.9 Å². The number of aryl methyl sites for hydroxylation is 1. The van der Waals surface area contributed by atoms with Crippen molar-refractivity contribution >= 4 is 35.0 Å². The Morgan fingerprint density at radius 3 is 2.63 bits per heavy atom. The van der Waals surface area contributed by atoms with Gasteiger partial charge >= 0.3 is 0 Å². The molecule has 7 nitrogen and oxygen atoms in total. The molecule has 0 aliphatic rings. The van der Waals surface area contributed by atoms with Crippen molar-refractivity contribution in [3.05, 3.63) is 86.7 Å². The van der Waals surface area contributed by atoms with Crippen molar-refractivity contribution in [1.29, 1.82) is 0 Å². The molecule has 0 spiro atoms. The third kappa shape index (κ3) is 5.33. The quantitative estimate of drug-likeness (QED) is 0.178. The normalized spacial score (nSPS) is 11.8. The van der Waals surface area contributed by atoms with Crippen LogP contribution in [0.1, 0.15) is 16.6 Å². The smallest absolute Gasteiger partial charge is 0.220 e. The monoisotopic (exact) mass is 464 g/mol. The maximum absolute atomic E-state index is 11.3. The molecule has 0 bridgehead atoms. The zero-order chi connectivity index (χ0) is 21.7. The van der Waals surface area contributed by atoms with Gasteiger partial charge in [0.1, 0.15) is 23.4 Å². The van der Waals surface area contributed by atoms with Crippen molar-refractivity contribution in [3.8, 4) is 11.4 Å². The number of aromatic nitrogens is 3. The van der Waals surface area contributed by atoms with Gasteiger partial charge in [-0.2, -0.15) is 0 Å². The van der Waals surface area contributed by atoms with E-state index in [1.54, 1.807) is 36.4 Å². The highest BCUT2D eigenvalue weighted by molar-refractivity contribution is 7.99. The molecule has 2 aromatic carbocycles. The second kappa shape index (κ2) is 9.97. The molecule has 0 N–H and O–H groups in total. The summed E-state index contributed by atoms with van der Waals surface area (Å²) < 4.78 is 7.31. The molecule has 0 aliphatic heterocycles. The largest absolute Gasteiger partial charge is 0.488 e. The van der Waals surface area contributed by atoms with Gasteiger partial charge in [-0.05, 0) is 48.9 Å². The molecule has 0 saturated carbocycles. The van der Waals surface area contributed by atoms with Gasteiger partial charge in [0.25, 0.3) is 0 Å². The zero-order valence-corrected chi connectivity index (χ0v) is 18.3. The van der Waals surface area contributed by atoms with Crippen molar-refractivity contribution in [2.24, 2.45) is 0 Å². The van der Waals surface area contributed by atoms with E-state index in [0.717, 1.165) is 5.69 Å². The number of hydrogen-bond donors (Lipinski definition) is 0. The van der Waals surface area contributed by atoms with Gasteiger partial charge in [0.15, 0.2) is 5.16 Å². The number of halogens is 2. The van der Waals surface area contributed by atoms with E-state index in [2.05, 4.69) is 16.8 Å². The van der Waals surface area contributed by atoms with Gasteiger partial charge in [0, 0.05) is 15.6 Å². The van der Waals surface area contributed by atoms with Crippen molar-refractivity contribution < 1.29 is 9.66 Å². The Bertz CT molecular complexity index is 1060. The highest BCUT2D eigenvalue weighted by atomic mass is 35.5. The first-order valence-electron chi connectivity index (χ1n) is 8.88. The van der Waals surface area contributed by atoms with Crippen LogP contribution < -0.4 is 4.74 Å². The molecule has 0 unspecified atom stereocenters. The third-order valence-electron chi connectivity index (χ3n) is 4.13.